The van der Waals surface area contributed by atoms with Crippen LogP contribution in [0.5, 0.6) is 0 Å². The summed E-state index contributed by atoms with van der Waals surface area (Å²) in [5.74, 6) is 0. The van der Waals surface area contributed by atoms with Crippen molar-refractivity contribution in [1.82, 2.24) is 9.29 Å². The van der Waals surface area contributed by atoms with Crippen LogP contribution in [0.3, 0.4) is 0 Å². The number of fused-ring (bicyclic) bond motifs is 1. The molecule has 0 bridgehead atoms. The van der Waals surface area contributed by atoms with Crippen LogP contribution in [0.1, 0.15) is 45.2 Å². The Morgan fingerprint density at radius 2 is 1.89 bits per heavy atom. The minimum Gasteiger partial charge on any atom is -0.347 e. The highest BCUT2D eigenvalue weighted by Gasteiger charge is 2.47. The zero-order valence-electron chi connectivity index (χ0n) is 15.3. The lowest BCUT2D eigenvalue weighted by atomic mass is 9.97. The number of rotatable bonds is 5. The van der Waals surface area contributed by atoms with E-state index in [1.165, 1.54) is 6.20 Å². The smallest absolute Gasteiger partial charge is 0.347 e. The van der Waals surface area contributed by atoms with Crippen molar-refractivity contribution in [3.05, 3.63) is 34.4 Å². The van der Waals surface area contributed by atoms with Crippen molar-refractivity contribution in [2.24, 2.45) is 5.41 Å². The first-order chi connectivity index (χ1) is 12.3. The Morgan fingerprint density at radius 1 is 1.26 bits per heavy atom. The monoisotopic (exact) mass is 466 g/mol. The van der Waals surface area contributed by atoms with E-state index in [2.05, 4.69) is 15.9 Å². The third kappa shape index (κ3) is 4.68. The first-order valence-electron chi connectivity index (χ1n) is 8.64. The fourth-order valence-corrected chi connectivity index (χ4v) is 5.00. The highest BCUT2D eigenvalue weighted by atomic mass is 79.9. The summed E-state index contributed by atoms with van der Waals surface area (Å²) < 4.78 is 70.4. The van der Waals surface area contributed by atoms with E-state index in [0.29, 0.717) is 30.3 Å². The van der Waals surface area contributed by atoms with Crippen LogP contribution in [-0.4, -0.2) is 24.4 Å². The minimum atomic E-state index is -4.74. The number of sulfonamides is 1. The van der Waals surface area contributed by atoms with Crippen LogP contribution in [0.2, 0.25) is 0 Å². The van der Waals surface area contributed by atoms with Crippen LogP contribution < -0.4 is 4.72 Å². The van der Waals surface area contributed by atoms with Crippen molar-refractivity contribution in [2.75, 3.05) is 0 Å². The minimum absolute atomic E-state index is 0.0709. The average molecular weight is 467 g/mol. The highest BCUT2D eigenvalue weighted by Crippen LogP contribution is 2.40. The fraction of sp³-hybridized carbons (Fsp3) is 0.556. The van der Waals surface area contributed by atoms with E-state index in [0.717, 1.165) is 4.47 Å². The second kappa shape index (κ2) is 6.77. The Balaban J connectivity index is 2.14. The number of hydrogen-bond acceptors (Lipinski definition) is 2. The lowest BCUT2D eigenvalue weighted by Gasteiger charge is -2.22. The molecule has 1 heterocycles. The topological polar surface area (TPSA) is 51.1 Å². The van der Waals surface area contributed by atoms with Gasteiger partial charge in [0, 0.05) is 33.7 Å². The van der Waals surface area contributed by atoms with Gasteiger partial charge in [-0.25, -0.2) is 8.42 Å². The molecule has 1 fully saturated rings. The molecule has 1 unspecified atom stereocenters. The molecule has 2 aromatic rings. The standard InChI is InChI=1S/C18H22BrF3N2O2S/c1-17(2,3)10-24-9-14(13-7-4-11(19)8-15(13)24)16(18(20,21)22)23-27(25,26)12-5-6-12/h4,7-9,12,16,23H,5-6,10H2,1-3H3. The van der Waals surface area contributed by atoms with Gasteiger partial charge in [-0.15, -0.1) is 0 Å². The number of alkyl halides is 3. The molecule has 1 aromatic heterocycles. The Kier molecular flexibility index (Phi) is 5.18. The van der Waals surface area contributed by atoms with Gasteiger partial charge in [-0.3, -0.25) is 0 Å². The third-order valence-electron chi connectivity index (χ3n) is 4.40. The molecule has 0 aliphatic heterocycles. The Labute approximate surface area is 165 Å². The van der Waals surface area contributed by atoms with Crippen LogP contribution in [0, 0.1) is 5.41 Å². The number of benzene rings is 1. The molecule has 0 spiro atoms. The van der Waals surface area contributed by atoms with Crippen LogP contribution in [0.25, 0.3) is 10.9 Å². The van der Waals surface area contributed by atoms with Crippen molar-refractivity contribution in [3.63, 3.8) is 0 Å². The molecular formula is C18H22BrF3N2O2S. The molecular weight excluding hydrogens is 445 g/mol. The van der Waals surface area contributed by atoms with Crippen molar-refractivity contribution in [1.29, 1.82) is 0 Å². The van der Waals surface area contributed by atoms with Crippen molar-refractivity contribution in [3.8, 4) is 0 Å². The summed E-state index contributed by atoms with van der Waals surface area (Å²) in [5, 5.41) is -0.331. The van der Waals surface area contributed by atoms with E-state index >= 15 is 0 Å². The second-order valence-corrected chi connectivity index (χ2v) is 11.2. The maximum Gasteiger partial charge on any atom is 0.408 e. The van der Waals surface area contributed by atoms with Crippen molar-refractivity contribution < 1.29 is 21.6 Å². The lowest BCUT2D eigenvalue weighted by molar-refractivity contribution is -0.152. The van der Waals surface area contributed by atoms with Gasteiger partial charge < -0.3 is 4.57 Å². The molecule has 1 N–H and O–H groups in total. The third-order valence-corrected chi connectivity index (χ3v) is 6.81. The molecule has 3 rings (SSSR count). The summed E-state index contributed by atoms with van der Waals surface area (Å²) in [6.07, 6.45) is -2.51. The summed E-state index contributed by atoms with van der Waals surface area (Å²) in [6, 6.07) is 2.75. The van der Waals surface area contributed by atoms with Gasteiger partial charge >= 0.3 is 6.18 Å². The van der Waals surface area contributed by atoms with E-state index in [9.17, 15) is 21.6 Å². The Bertz CT molecular complexity index is 957. The first kappa shape index (κ1) is 20.7. The molecule has 150 valence electrons. The molecule has 1 saturated carbocycles. The van der Waals surface area contributed by atoms with Gasteiger partial charge in [-0.2, -0.15) is 17.9 Å². The summed E-state index contributed by atoms with van der Waals surface area (Å²) in [7, 11) is -4.01. The van der Waals surface area contributed by atoms with Gasteiger partial charge in [0.15, 0.2) is 0 Å². The van der Waals surface area contributed by atoms with Gasteiger partial charge in [-0.05, 0) is 30.4 Å². The van der Waals surface area contributed by atoms with E-state index in [1.54, 1.807) is 22.8 Å². The maximum atomic E-state index is 13.8. The zero-order chi connectivity index (χ0) is 20.2. The summed E-state index contributed by atoms with van der Waals surface area (Å²) in [6.45, 7) is 6.48. The molecule has 1 aliphatic carbocycles. The molecule has 0 radical (unpaired) electrons. The molecule has 9 heteroatoms. The number of nitrogens with one attached hydrogen (secondary N) is 1. The predicted octanol–water partition coefficient (Wildman–Crippen LogP) is 5.14. The van der Waals surface area contributed by atoms with Crippen molar-refractivity contribution >= 4 is 36.9 Å². The number of hydrogen-bond donors (Lipinski definition) is 1. The van der Waals surface area contributed by atoms with E-state index in [-0.39, 0.29) is 11.0 Å². The van der Waals surface area contributed by atoms with Gasteiger partial charge in [0.2, 0.25) is 10.0 Å². The number of nitrogens with zero attached hydrogens (tertiary/aromatic N) is 1. The van der Waals surface area contributed by atoms with Crippen molar-refractivity contribution in [2.45, 2.75) is 57.6 Å². The van der Waals surface area contributed by atoms with E-state index < -0.39 is 27.5 Å². The maximum absolute atomic E-state index is 13.8. The summed E-state index contributed by atoms with van der Waals surface area (Å²) >= 11 is 3.36. The lowest BCUT2D eigenvalue weighted by Crippen LogP contribution is -2.39. The number of halogens is 4. The molecule has 4 nitrogen and oxygen atoms in total. The summed E-state index contributed by atoms with van der Waals surface area (Å²) in [4.78, 5) is 0. The average Bonchev–Trinajstić information content (AvgIpc) is 3.29. The molecule has 1 aromatic carbocycles. The highest BCUT2D eigenvalue weighted by molar-refractivity contribution is 9.10. The van der Waals surface area contributed by atoms with Gasteiger partial charge in [0.1, 0.15) is 6.04 Å². The van der Waals surface area contributed by atoms with E-state index in [1.807, 2.05) is 25.5 Å². The fourth-order valence-electron chi connectivity index (χ4n) is 3.11. The van der Waals surface area contributed by atoms with Crippen LogP contribution in [0.15, 0.2) is 28.9 Å². The van der Waals surface area contributed by atoms with E-state index in [4.69, 9.17) is 0 Å². The normalized spacial score (nSPS) is 17.4. The van der Waals surface area contributed by atoms with Gasteiger partial charge in [0.05, 0.1) is 5.25 Å². The first-order valence-corrected chi connectivity index (χ1v) is 11.0. The quantitative estimate of drug-likeness (QED) is 0.663. The predicted molar refractivity (Wildman–Crippen MR) is 103 cm³/mol. The molecule has 1 aliphatic rings. The SMILES string of the molecule is CC(C)(C)Cn1cc(C(NS(=O)(=O)C2CC2)C(F)(F)F)c2ccc(Br)cc21. The second-order valence-electron chi connectivity index (χ2n) is 8.27. The molecule has 0 amide bonds. The number of aromatic nitrogens is 1. The molecule has 27 heavy (non-hydrogen) atoms. The van der Waals surface area contributed by atoms with Crippen LogP contribution in [0.4, 0.5) is 13.2 Å². The summed E-state index contributed by atoms with van der Waals surface area (Å²) in [5.41, 5.74) is 0.403. The molecule has 1 atom stereocenters. The van der Waals surface area contributed by atoms with Gasteiger partial charge in [-0.1, -0.05) is 42.8 Å². The van der Waals surface area contributed by atoms with Crippen LogP contribution >= 0.6 is 15.9 Å². The van der Waals surface area contributed by atoms with Gasteiger partial charge in [0.25, 0.3) is 0 Å². The largest absolute Gasteiger partial charge is 0.408 e. The Morgan fingerprint density at radius 3 is 2.41 bits per heavy atom. The molecule has 0 saturated heterocycles. The van der Waals surface area contributed by atoms with Crippen LogP contribution in [-0.2, 0) is 16.6 Å². The Hall–Kier alpha value is -1.06. The zero-order valence-corrected chi connectivity index (χ0v) is 17.7.